The Kier molecular flexibility index (Phi) is 5.00. The Morgan fingerprint density at radius 1 is 1.25 bits per heavy atom. The predicted molar refractivity (Wildman–Crippen MR) is 83.3 cm³/mol. The van der Waals surface area contributed by atoms with E-state index in [1.165, 1.54) is 0 Å². The fourth-order valence-electron chi connectivity index (χ4n) is 2.56. The first-order valence-electron chi connectivity index (χ1n) is 6.97. The highest BCUT2D eigenvalue weighted by Gasteiger charge is 2.24. The van der Waals surface area contributed by atoms with Gasteiger partial charge in [-0.25, -0.2) is 0 Å². The molecule has 1 unspecified atom stereocenters. The van der Waals surface area contributed by atoms with Crippen LogP contribution in [0.25, 0.3) is 0 Å². The van der Waals surface area contributed by atoms with Gasteiger partial charge in [0, 0.05) is 37.3 Å². The highest BCUT2D eigenvalue weighted by molar-refractivity contribution is 6.33. The maximum atomic E-state index is 6.30. The van der Waals surface area contributed by atoms with Crippen molar-refractivity contribution in [1.82, 2.24) is 4.90 Å². The number of ether oxygens (including phenoxy) is 2. The average Bonchev–Trinajstić information content (AvgIpc) is 2.89. The minimum atomic E-state index is 0.424. The summed E-state index contributed by atoms with van der Waals surface area (Å²) in [4.78, 5) is 2.46. The SMILES string of the molecule is COc1cc(Cl)c(NC2CCN(C(C)C)C2)cc1OC. The van der Waals surface area contributed by atoms with E-state index in [0.717, 1.165) is 25.2 Å². The van der Waals surface area contributed by atoms with Crippen LogP contribution in [-0.2, 0) is 0 Å². The quantitative estimate of drug-likeness (QED) is 0.905. The Hall–Kier alpha value is -1.13. The second-order valence-corrected chi connectivity index (χ2v) is 5.81. The van der Waals surface area contributed by atoms with Crippen LogP contribution in [0.2, 0.25) is 5.02 Å². The van der Waals surface area contributed by atoms with Crippen LogP contribution in [0.1, 0.15) is 20.3 Å². The molecule has 1 heterocycles. The fourth-order valence-corrected chi connectivity index (χ4v) is 2.77. The molecule has 0 amide bonds. The van der Waals surface area contributed by atoms with Crippen molar-refractivity contribution < 1.29 is 9.47 Å². The zero-order valence-electron chi connectivity index (χ0n) is 12.6. The van der Waals surface area contributed by atoms with Crippen LogP contribution in [0.5, 0.6) is 11.5 Å². The van der Waals surface area contributed by atoms with Gasteiger partial charge in [-0.2, -0.15) is 0 Å². The molecular weight excluding hydrogens is 276 g/mol. The highest BCUT2D eigenvalue weighted by atomic mass is 35.5. The highest BCUT2D eigenvalue weighted by Crippen LogP contribution is 2.36. The summed E-state index contributed by atoms with van der Waals surface area (Å²) in [6.45, 7) is 6.63. The number of rotatable bonds is 5. The molecule has 20 heavy (non-hydrogen) atoms. The Bertz CT molecular complexity index is 465. The molecule has 0 radical (unpaired) electrons. The van der Waals surface area contributed by atoms with Crippen molar-refractivity contribution in [1.29, 1.82) is 0 Å². The number of nitrogens with one attached hydrogen (secondary N) is 1. The molecular formula is C15H23ClN2O2. The van der Waals surface area contributed by atoms with Gasteiger partial charge in [-0.05, 0) is 20.3 Å². The molecule has 1 fully saturated rings. The maximum absolute atomic E-state index is 6.30. The maximum Gasteiger partial charge on any atom is 0.162 e. The first-order valence-corrected chi connectivity index (χ1v) is 7.35. The van der Waals surface area contributed by atoms with E-state index in [1.54, 1.807) is 20.3 Å². The number of benzene rings is 1. The molecule has 1 N–H and O–H groups in total. The predicted octanol–water partition coefficient (Wildman–Crippen LogP) is 3.25. The van der Waals surface area contributed by atoms with E-state index in [9.17, 15) is 0 Å². The van der Waals surface area contributed by atoms with Gasteiger partial charge < -0.3 is 14.8 Å². The third-order valence-corrected chi connectivity index (χ3v) is 4.10. The Labute approximate surface area is 126 Å². The van der Waals surface area contributed by atoms with Crippen molar-refractivity contribution in [3.8, 4) is 11.5 Å². The topological polar surface area (TPSA) is 33.7 Å². The van der Waals surface area contributed by atoms with Crippen LogP contribution in [0, 0.1) is 0 Å². The second kappa shape index (κ2) is 6.55. The van der Waals surface area contributed by atoms with Gasteiger partial charge in [0.2, 0.25) is 0 Å². The first-order chi connectivity index (χ1) is 9.55. The molecule has 1 aliphatic rings. The molecule has 0 bridgehead atoms. The van der Waals surface area contributed by atoms with Gasteiger partial charge in [-0.1, -0.05) is 11.6 Å². The number of methoxy groups -OCH3 is 2. The molecule has 0 aliphatic carbocycles. The average molecular weight is 299 g/mol. The molecule has 112 valence electrons. The third-order valence-electron chi connectivity index (χ3n) is 3.78. The van der Waals surface area contributed by atoms with Crippen LogP contribution in [0.15, 0.2) is 12.1 Å². The van der Waals surface area contributed by atoms with Crippen LogP contribution >= 0.6 is 11.6 Å². The van der Waals surface area contributed by atoms with Gasteiger partial charge in [0.1, 0.15) is 0 Å². The van der Waals surface area contributed by atoms with Crippen LogP contribution in [-0.4, -0.2) is 44.3 Å². The number of halogens is 1. The first kappa shape index (κ1) is 15.3. The zero-order chi connectivity index (χ0) is 14.7. The molecule has 1 saturated heterocycles. The molecule has 0 spiro atoms. The summed E-state index contributed by atoms with van der Waals surface area (Å²) in [5, 5.41) is 4.17. The molecule has 1 aromatic rings. The summed E-state index contributed by atoms with van der Waals surface area (Å²) in [6.07, 6.45) is 1.13. The van der Waals surface area contributed by atoms with Gasteiger partial charge in [0.15, 0.2) is 11.5 Å². The van der Waals surface area contributed by atoms with Crippen LogP contribution < -0.4 is 14.8 Å². The van der Waals surface area contributed by atoms with Gasteiger partial charge >= 0.3 is 0 Å². The lowest BCUT2D eigenvalue weighted by Crippen LogP contribution is -2.31. The standard InChI is InChI=1S/C15H23ClN2O2/c1-10(2)18-6-5-11(9-18)17-13-8-15(20-4)14(19-3)7-12(13)16/h7-8,10-11,17H,5-6,9H2,1-4H3. The Morgan fingerprint density at radius 3 is 2.45 bits per heavy atom. The molecule has 4 nitrogen and oxygen atoms in total. The molecule has 0 saturated carbocycles. The molecule has 1 atom stereocenters. The molecule has 2 rings (SSSR count). The third kappa shape index (κ3) is 3.30. The number of anilines is 1. The summed E-state index contributed by atoms with van der Waals surface area (Å²) in [5.74, 6) is 1.34. The van der Waals surface area contributed by atoms with E-state index < -0.39 is 0 Å². The molecule has 5 heteroatoms. The fraction of sp³-hybridized carbons (Fsp3) is 0.600. The summed E-state index contributed by atoms with van der Waals surface area (Å²) >= 11 is 6.30. The smallest absolute Gasteiger partial charge is 0.162 e. The second-order valence-electron chi connectivity index (χ2n) is 5.41. The monoisotopic (exact) mass is 298 g/mol. The van der Waals surface area contributed by atoms with Gasteiger partial charge in [0.25, 0.3) is 0 Å². The van der Waals surface area contributed by atoms with E-state index in [2.05, 4.69) is 24.1 Å². The van der Waals surface area contributed by atoms with Crippen molar-refractivity contribution in [2.45, 2.75) is 32.4 Å². The van der Waals surface area contributed by atoms with E-state index in [0.29, 0.717) is 28.6 Å². The van der Waals surface area contributed by atoms with Crippen molar-refractivity contribution in [3.63, 3.8) is 0 Å². The van der Waals surface area contributed by atoms with Gasteiger partial charge in [-0.3, -0.25) is 4.90 Å². The Balaban J connectivity index is 2.10. The van der Waals surface area contributed by atoms with Crippen molar-refractivity contribution >= 4 is 17.3 Å². The summed E-state index contributed by atoms with van der Waals surface area (Å²) in [5.41, 5.74) is 0.903. The van der Waals surface area contributed by atoms with Crippen LogP contribution in [0.3, 0.4) is 0 Å². The minimum absolute atomic E-state index is 0.424. The van der Waals surface area contributed by atoms with Crippen molar-refractivity contribution in [2.75, 3.05) is 32.6 Å². The number of hydrogen-bond acceptors (Lipinski definition) is 4. The zero-order valence-corrected chi connectivity index (χ0v) is 13.3. The minimum Gasteiger partial charge on any atom is -0.493 e. The molecule has 0 aromatic heterocycles. The van der Waals surface area contributed by atoms with E-state index in [1.807, 2.05) is 6.07 Å². The van der Waals surface area contributed by atoms with E-state index in [-0.39, 0.29) is 0 Å². The number of hydrogen-bond donors (Lipinski definition) is 1. The summed E-state index contributed by atoms with van der Waals surface area (Å²) < 4.78 is 10.6. The van der Waals surface area contributed by atoms with Crippen LogP contribution in [0.4, 0.5) is 5.69 Å². The van der Waals surface area contributed by atoms with E-state index in [4.69, 9.17) is 21.1 Å². The van der Waals surface area contributed by atoms with E-state index >= 15 is 0 Å². The lowest BCUT2D eigenvalue weighted by Gasteiger charge is -2.21. The molecule has 1 aromatic carbocycles. The lowest BCUT2D eigenvalue weighted by atomic mass is 10.2. The summed E-state index contributed by atoms with van der Waals surface area (Å²) in [7, 11) is 3.24. The number of nitrogens with zero attached hydrogens (tertiary/aromatic N) is 1. The largest absolute Gasteiger partial charge is 0.493 e. The molecule has 1 aliphatic heterocycles. The van der Waals surface area contributed by atoms with Gasteiger partial charge in [0.05, 0.1) is 24.9 Å². The lowest BCUT2D eigenvalue weighted by molar-refractivity contribution is 0.274. The Morgan fingerprint density at radius 2 is 1.90 bits per heavy atom. The van der Waals surface area contributed by atoms with Gasteiger partial charge in [-0.15, -0.1) is 0 Å². The number of likely N-dealkylation sites (tertiary alicyclic amines) is 1. The van der Waals surface area contributed by atoms with Crippen molar-refractivity contribution in [2.24, 2.45) is 0 Å². The summed E-state index contributed by atoms with van der Waals surface area (Å²) in [6, 6.07) is 4.70. The van der Waals surface area contributed by atoms with Crippen molar-refractivity contribution in [3.05, 3.63) is 17.2 Å². The normalized spacial score (nSPS) is 19.4.